The van der Waals surface area contributed by atoms with E-state index >= 15 is 0 Å². The van der Waals surface area contributed by atoms with Crippen LogP contribution in [0.3, 0.4) is 0 Å². The van der Waals surface area contributed by atoms with Crippen LogP contribution >= 0.6 is 0 Å². The number of pyridine rings is 1. The van der Waals surface area contributed by atoms with Crippen LogP contribution in [0.25, 0.3) is 0 Å². The van der Waals surface area contributed by atoms with Crippen molar-refractivity contribution in [1.29, 1.82) is 0 Å². The quantitative estimate of drug-likeness (QED) is 0.714. The number of nitrogens with one attached hydrogen (secondary N) is 1. The fourth-order valence-corrected chi connectivity index (χ4v) is 2.87. The van der Waals surface area contributed by atoms with E-state index in [1.807, 2.05) is 0 Å². The number of carbonyl (C=O) groups is 3. The molecule has 2 N–H and O–H groups in total. The molecule has 1 unspecified atom stereocenters. The molecule has 0 aromatic carbocycles. The molecule has 8 heteroatoms. The summed E-state index contributed by atoms with van der Waals surface area (Å²) < 4.78 is 0. The number of fused-ring (bicyclic) bond motifs is 1. The third-order valence-electron chi connectivity index (χ3n) is 4.05. The largest absolute Gasteiger partial charge is 0.493 e. The lowest BCUT2D eigenvalue weighted by Crippen LogP contribution is -2.70. The molecule has 1 aromatic rings. The van der Waals surface area contributed by atoms with Crippen molar-refractivity contribution in [2.24, 2.45) is 0 Å². The highest BCUT2D eigenvalue weighted by Gasteiger charge is 2.44. The number of aromatic hydroxyl groups is 1. The van der Waals surface area contributed by atoms with Crippen molar-refractivity contribution in [3.8, 4) is 5.88 Å². The topological polar surface area (TPSA) is 103 Å². The van der Waals surface area contributed by atoms with E-state index in [9.17, 15) is 19.5 Å². The number of rotatable bonds is 1. The Hall–Kier alpha value is -2.64. The summed E-state index contributed by atoms with van der Waals surface area (Å²) in [6.45, 7) is 2.16. The zero-order valence-electron chi connectivity index (χ0n) is 12.0. The van der Waals surface area contributed by atoms with Crippen LogP contribution in [-0.4, -0.2) is 62.9 Å². The summed E-state index contributed by atoms with van der Waals surface area (Å²) in [6, 6.07) is 2.22. The van der Waals surface area contributed by atoms with Crippen LogP contribution in [0.15, 0.2) is 18.3 Å². The summed E-state index contributed by atoms with van der Waals surface area (Å²) in [5.74, 6) is -0.783. The first kappa shape index (κ1) is 14.3. The fraction of sp³-hybridized carbons (Fsp3) is 0.429. The van der Waals surface area contributed by atoms with Gasteiger partial charge in [0.05, 0.1) is 12.1 Å². The molecule has 2 aliphatic heterocycles. The molecule has 0 saturated carbocycles. The summed E-state index contributed by atoms with van der Waals surface area (Å²) in [7, 11) is 0. The lowest BCUT2D eigenvalue weighted by Gasteiger charge is -2.48. The Kier molecular flexibility index (Phi) is 3.44. The van der Waals surface area contributed by atoms with Gasteiger partial charge in [-0.05, 0) is 13.0 Å². The molecule has 0 aliphatic carbocycles. The second-order valence-corrected chi connectivity index (χ2v) is 5.36. The maximum Gasteiger partial charge on any atom is 0.257 e. The number of amides is 3. The second-order valence-electron chi connectivity index (χ2n) is 5.36. The maximum atomic E-state index is 12.6. The Morgan fingerprint density at radius 1 is 1.41 bits per heavy atom. The predicted octanol–water partition coefficient (Wildman–Crippen LogP) is -0.694. The molecule has 2 fully saturated rings. The predicted molar refractivity (Wildman–Crippen MR) is 74.7 cm³/mol. The van der Waals surface area contributed by atoms with Crippen LogP contribution < -0.4 is 5.32 Å². The summed E-state index contributed by atoms with van der Waals surface area (Å²) in [5.41, 5.74) is 0.330. The molecule has 0 radical (unpaired) electrons. The van der Waals surface area contributed by atoms with Gasteiger partial charge in [0.1, 0.15) is 12.2 Å². The van der Waals surface area contributed by atoms with Crippen molar-refractivity contribution in [2.45, 2.75) is 25.6 Å². The molecule has 3 rings (SSSR count). The average Bonchev–Trinajstić information content (AvgIpc) is 2.51. The van der Waals surface area contributed by atoms with Crippen LogP contribution in [0.4, 0.5) is 0 Å². The van der Waals surface area contributed by atoms with E-state index in [0.717, 1.165) is 0 Å². The summed E-state index contributed by atoms with van der Waals surface area (Å²) in [5, 5.41) is 11.9. The molecule has 3 amide bonds. The van der Waals surface area contributed by atoms with Crippen LogP contribution in [-0.2, 0) is 9.59 Å². The standard InChI is InChI=1S/C14H16N4O4/c1-8-13(21)16-7-11-17(5-4-12(20)18(8)11)14(22)9-2-3-10(19)15-6-9/h2-3,6,8,11H,4-5,7H2,1H3,(H,15,19)(H,16,21)/t8-,11?/m1/s1. The third-order valence-corrected chi connectivity index (χ3v) is 4.05. The van der Waals surface area contributed by atoms with Crippen molar-refractivity contribution in [3.05, 3.63) is 23.9 Å². The van der Waals surface area contributed by atoms with Gasteiger partial charge in [0.25, 0.3) is 5.91 Å². The van der Waals surface area contributed by atoms with Gasteiger partial charge in [0, 0.05) is 25.2 Å². The molecule has 0 bridgehead atoms. The van der Waals surface area contributed by atoms with Gasteiger partial charge in [-0.3, -0.25) is 14.4 Å². The Morgan fingerprint density at radius 2 is 2.18 bits per heavy atom. The number of aromatic nitrogens is 1. The van der Waals surface area contributed by atoms with Crippen molar-refractivity contribution in [2.75, 3.05) is 13.1 Å². The molecule has 22 heavy (non-hydrogen) atoms. The Balaban J connectivity index is 1.87. The molecule has 8 nitrogen and oxygen atoms in total. The minimum Gasteiger partial charge on any atom is -0.493 e. The molecule has 0 spiro atoms. The summed E-state index contributed by atoms with van der Waals surface area (Å²) in [4.78, 5) is 43.2. The Labute approximate surface area is 126 Å². The van der Waals surface area contributed by atoms with Crippen molar-refractivity contribution >= 4 is 17.7 Å². The van der Waals surface area contributed by atoms with Gasteiger partial charge in [-0.1, -0.05) is 0 Å². The lowest BCUT2D eigenvalue weighted by molar-refractivity contribution is -0.155. The van der Waals surface area contributed by atoms with E-state index in [4.69, 9.17) is 0 Å². The van der Waals surface area contributed by atoms with Crippen LogP contribution in [0.1, 0.15) is 23.7 Å². The van der Waals surface area contributed by atoms with Gasteiger partial charge < -0.3 is 20.2 Å². The summed E-state index contributed by atoms with van der Waals surface area (Å²) in [6.07, 6.45) is 0.990. The fourth-order valence-electron chi connectivity index (χ4n) is 2.87. The van der Waals surface area contributed by atoms with Crippen LogP contribution in [0.5, 0.6) is 5.88 Å². The molecule has 2 atom stereocenters. The Bertz CT molecular complexity index is 630. The van der Waals surface area contributed by atoms with Crippen LogP contribution in [0.2, 0.25) is 0 Å². The smallest absolute Gasteiger partial charge is 0.257 e. The number of hydrogen-bond acceptors (Lipinski definition) is 5. The second kappa shape index (κ2) is 5.28. The van der Waals surface area contributed by atoms with Gasteiger partial charge in [-0.15, -0.1) is 0 Å². The highest BCUT2D eigenvalue weighted by atomic mass is 16.3. The minimum atomic E-state index is -0.597. The highest BCUT2D eigenvalue weighted by molar-refractivity contribution is 5.96. The molecular weight excluding hydrogens is 288 g/mol. The van der Waals surface area contributed by atoms with Gasteiger partial charge >= 0.3 is 0 Å². The molecule has 3 heterocycles. The van der Waals surface area contributed by atoms with Crippen molar-refractivity contribution < 1.29 is 19.5 Å². The highest BCUT2D eigenvalue weighted by Crippen LogP contribution is 2.23. The number of nitrogens with zero attached hydrogens (tertiary/aromatic N) is 3. The third kappa shape index (κ3) is 2.26. The number of carbonyl (C=O) groups excluding carboxylic acids is 3. The monoisotopic (exact) mass is 304 g/mol. The van der Waals surface area contributed by atoms with E-state index in [-0.39, 0.29) is 36.6 Å². The maximum absolute atomic E-state index is 12.6. The number of piperazine rings is 1. The zero-order chi connectivity index (χ0) is 15.9. The zero-order valence-corrected chi connectivity index (χ0v) is 12.0. The van der Waals surface area contributed by atoms with E-state index < -0.39 is 12.2 Å². The first-order valence-electron chi connectivity index (χ1n) is 7.04. The number of hydrogen-bond donors (Lipinski definition) is 2. The van der Waals surface area contributed by atoms with E-state index in [1.54, 1.807) is 11.8 Å². The van der Waals surface area contributed by atoms with Crippen LogP contribution in [0, 0.1) is 0 Å². The van der Waals surface area contributed by atoms with Crippen molar-refractivity contribution in [3.63, 3.8) is 0 Å². The van der Waals surface area contributed by atoms with Gasteiger partial charge in [-0.2, -0.15) is 0 Å². The normalized spacial score (nSPS) is 24.8. The van der Waals surface area contributed by atoms with Gasteiger partial charge in [-0.25, -0.2) is 4.98 Å². The molecular formula is C14H16N4O4. The van der Waals surface area contributed by atoms with E-state index in [2.05, 4.69) is 10.3 Å². The minimum absolute atomic E-state index is 0.125. The summed E-state index contributed by atoms with van der Waals surface area (Å²) >= 11 is 0. The molecule has 2 aliphatic rings. The van der Waals surface area contributed by atoms with Gasteiger partial charge in [0.2, 0.25) is 17.7 Å². The van der Waals surface area contributed by atoms with E-state index in [1.165, 1.54) is 23.2 Å². The van der Waals surface area contributed by atoms with Gasteiger partial charge in [0.15, 0.2) is 0 Å². The molecule has 116 valence electrons. The lowest BCUT2D eigenvalue weighted by atomic mass is 10.1. The van der Waals surface area contributed by atoms with Crippen molar-refractivity contribution in [1.82, 2.24) is 20.1 Å². The molecule has 2 saturated heterocycles. The first-order valence-corrected chi connectivity index (χ1v) is 7.04. The van der Waals surface area contributed by atoms with E-state index in [0.29, 0.717) is 12.1 Å². The first-order chi connectivity index (χ1) is 10.5. The molecule has 1 aromatic heterocycles. The Morgan fingerprint density at radius 3 is 2.86 bits per heavy atom. The SMILES string of the molecule is C[C@@H]1C(=O)NCC2N(C(=O)c3ccc(O)nc3)CCC(=O)N21. The average molecular weight is 304 g/mol.